The maximum absolute atomic E-state index is 11.3. The average molecular weight is 242 g/mol. The molecule has 1 aliphatic heterocycles. The summed E-state index contributed by atoms with van der Waals surface area (Å²) in [4.78, 5) is 18.0. The first-order valence-electron chi connectivity index (χ1n) is 4.33. The molecule has 1 aliphatic rings. The van der Waals surface area contributed by atoms with Crippen molar-refractivity contribution in [1.29, 1.82) is 0 Å². The number of halogens is 1. The van der Waals surface area contributed by atoms with Gasteiger partial charge in [0.15, 0.2) is 0 Å². The lowest BCUT2D eigenvalue weighted by Gasteiger charge is -1.92. The molecule has 0 fully saturated rings. The monoisotopic (exact) mass is 241 g/mol. The maximum Gasteiger partial charge on any atom is 0.367 e. The zero-order valence-corrected chi connectivity index (χ0v) is 9.56. The molecule has 0 amide bonds. The van der Waals surface area contributed by atoms with E-state index in [9.17, 15) is 4.79 Å². The van der Waals surface area contributed by atoms with Gasteiger partial charge in [0, 0.05) is 9.75 Å². The number of oxime groups is 1. The van der Waals surface area contributed by atoms with E-state index in [0.717, 1.165) is 4.88 Å². The molecular formula is C10H8ClNO2S. The molecule has 15 heavy (non-hydrogen) atoms. The van der Waals surface area contributed by atoms with Gasteiger partial charge in [0.25, 0.3) is 0 Å². The van der Waals surface area contributed by atoms with Gasteiger partial charge in [-0.15, -0.1) is 22.9 Å². The summed E-state index contributed by atoms with van der Waals surface area (Å²) < 4.78 is 0. The predicted octanol–water partition coefficient (Wildman–Crippen LogP) is 2.59. The van der Waals surface area contributed by atoms with Crippen molar-refractivity contribution in [3.63, 3.8) is 0 Å². The molecular weight excluding hydrogens is 234 g/mol. The zero-order valence-electron chi connectivity index (χ0n) is 7.99. The highest BCUT2D eigenvalue weighted by atomic mass is 35.5. The summed E-state index contributed by atoms with van der Waals surface area (Å²) in [6, 6.07) is 3.94. The molecule has 3 nitrogen and oxygen atoms in total. The second-order valence-electron chi connectivity index (χ2n) is 3.06. The number of carbonyl (C=O) groups excluding carboxylic acids is 1. The first-order chi connectivity index (χ1) is 7.20. The number of hydrogen-bond donors (Lipinski definition) is 0. The van der Waals surface area contributed by atoms with Gasteiger partial charge in [0.1, 0.15) is 5.71 Å². The van der Waals surface area contributed by atoms with Crippen molar-refractivity contribution in [2.24, 2.45) is 5.16 Å². The number of aryl methyl sites for hydroxylation is 1. The van der Waals surface area contributed by atoms with E-state index >= 15 is 0 Å². The minimum Gasteiger partial charge on any atom is -0.312 e. The normalized spacial score (nSPS) is 18.1. The maximum atomic E-state index is 11.3. The van der Waals surface area contributed by atoms with E-state index in [-0.39, 0.29) is 5.88 Å². The highest BCUT2D eigenvalue weighted by Crippen LogP contribution is 2.21. The smallest absolute Gasteiger partial charge is 0.312 e. The summed E-state index contributed by atoms with van der Waals surface area (Å²) in [5.74, 6) is -0.251. The number of thiophene rings is 1. The van der Waals surface area contributed by atoms with Crippen LogP contribution in [-0.4, -0.2) is 17.6 Å². The second-order valence-corrected chi connectivity index (χ2v) is 4.64. The van der Waals surface area contributed by atoms with Crippen LogP contribution in [0.2, 0.25) is 0 Å². The van der Waals surface area contributed by atoms with Gasteiger partial charge in [0.2, 0.25) is 0 Å². The van der Waals surface area contributed by atoms with Crippen LogP contribution in [-0.2, 0) is 9.63 Å². The molecule has 1 aromatic heterocycles. The number of nitrogens with zero attached hydrogens (tertiary/aromatic N) is 1. The lowest BCUT2D eigenvalue weighted by Crippen LogP contribution is -2.05. The van der Waals surface area contributed by atoms with Gasteiger partial charge >= 0.3 is 5.97 Å². The summed E-state index contributed by atoms with van der Waals surface area (Å²) in [7, 11) is 0. The van der Waals surface area contributed by atoms with Crippen LogP contribution in [0.15, 0.2) is 22.9 Å². The largest absolute Gasteiger partial charge is 0.367 e. The van der Waals surface area contributed by atoms with E-state index in [4.69, 9.17) is 11.6 Å². The molecule has 2 heterocycles. The summed E-state index contributed by atoms with van der Waals surface area (Å²) in [6.07, 6.45) is 1.76. The summed E-state index contributed by atoms with van der Waals surface area (Å²) in [5, 5.41) is 3.59. The molecule has 0 unspecified atom stereocenters. The molecule has 0 bridgehead atoms. The van der Waals surface area contributed by atoms with Crippen LogP contribution in [0.1, 0.15) is 9.75 Å². The number of hydrogen-bond acceptors (Lipinski definition) is 4. The second kappa shape index (κ2) is 4.16. The predicted molar refractivity (Wildman–Crippen MR) is 61.3 cm³/mol. The molecule has 5 heteroatoms. The Hall–Kier alpha value is -1.13. The van der Waals surface area contributed by atoms with Gasteiger partial charge < -0.3 is 4.84 Å². The van der Waals surface area contributed by atoms with Crippen molar-refractivity contribution < 1.29 is 9.63 Å². The summed E-state index contributed by atoms with van der Waals surface area (Å²) in [5.41, 5.74) is 0.944. The quantitative estimate of drug-likeness (QED) is 0.454. The fraction of sp³-hybridized carbons (Fsp3) is 0.200. The van der Waals surface area contributed by atoms with E-state index in [2.05, 4.69) is 9.99 Å². The van der Waals surface area contributed by atoms with Crippen molar-refractivity contribution >= 4 is 40.7 Å². The first-order valence-corrected chi connectivity index (χ1v) is 5.68. The van der Waals surface area contributed by atoms with E-state index in [1.165, 1.54) is 4.88 Å². The third-order valence-electron chi connectivity index (χ3n) is 1.94. The van der Waals surface area contributed by atoms with Crippen LogP contribution >= 0.6 is 22.9 Å². The van der Waals surface area contributed by atoms with Crippen LogP contribution in [0.3, 0.4) is 0 Å². The first kappa shape index (κ1) is 10.4. The molecule has 0 N–H and O–H groups in total. The summed E-state index contributed by atoms with van der Waals surface area (Å²) >= 11 is 7.25. The number of alkyl halides is 1. The average Bonchev–Trinajstić information content (AvgIpc) is 2.76. The van der Waals surface area contributed by atoms with Crippen molar-refractivity contribution in [3.05, 3.63) is 27.5 Å². The molecule has 0 atom stereocenters. The number of rotatable bonds is 2. The van der Waals surface area contributed by atoms with Gasteiger partial charge in [-0.05, 0) is 25.1 Å². The minimum atomic E-state index is -0.434. The third kappa shape index (κ3) is 2.11. The van der Waals surface area contributed by atoms with Crippen LogP contribution in [0.4, 0.5) is 0 Å². The van der Waals surface area contributed by atoms with E-state index in [1.807, 2.05) is 19.1 Å². The van der Waals surface area contributed by atoms with E-state index in [0.29, 0.717) is 11.3 Å². The fourth-order valence-electron chi connectivity index (χ4n) is 1.22. The van der Waals surface area contributed by atoms with Gasteiger partial charge in [0.05, 0.1) is 11.5 Å². The Balaban J connectivity index is 2.33. The molecule has 0 aromatic carbocycles. The fourth-order valence-corrected chi connectivity index (χ4v) is 2.24. The molecule has 1 aromatic rings. The topological polar surface area (TPSA) is 38.7 Å². The van der Waals surface area contributed by atoms with Crippen LogP contribution in [0, 0.1) is 6.92 Å². The lowest BCUT2D eigenvalue weighted by molar-refractivity contribution is -0.136. The SMILES string of the molecule is Cc1ccc(C=C2C(=O)ON=C2CCl)s1. The molecule has 0 radical (unpaired) electrons. The Morgan fingerprint density at radius 1 is 1.60 bits per heavy atom. The highest BCUT2D eigenvalue weighted by molar-refractivity contribution is 7.12. The molecule has 2 rings (SSSR count). The van der Waals surface area contributed by atoms with Crippen LogP contribution in [0.5, 0.6) is 0 Å². The molecule has 78 valence electrons. The van der Waals surface area contributed by atoms with Crippen molar-refractivity contribution in [3.8, 4) is 0 Å². The van der Waals surface area contributed by atoms with Crippen molar-refractivity contribution in [1.82, 2.24) is 0 Å². The van der Waals surface area contributed by atoms with Crippen LogP contribution in [0.25, 0.3) is 6.08 Å². The van der Waals surface area contributed by atoms with Gasteiger partial charge in [-0.25, -0.2) is 4.79 Å². The zero-order chi connectivity index (χ0) is 10.8. The Kier molecular flexibility index (Phi) is 2.88. The Morgan fingerprint density at radius 2 is 2.40 bits per heavy atom. The standard InChI is InChI=1S/C10H8ClNO2S/c1-6-2-3-7(15-6)4-8-9(5-11)12-14-10(8)13/h2-4H,5H2,1H3. The molecule has 0 saturated carbocycles. The van der Waals surface area contributed by atoms with E-state index < -0.39 is 5.97 Å². The van der Waals surface area contributed by atoms with Gasteiger partial charge in [-0.3, -0.25) is 0 Å². The lowest BCUT2D eigenvalue weighted by atomic mass is 10.1. The van der Waals surface area contributed by atoms with Gasteiger partial charge in [-0.2, -0.15) is 0 Å². The van der Waals surface area contributed by atoms with Gasteiger partial charge in [-0.1, -0.05) is 5.16 Å². The third-order valence-corrected chi connectivity index (χ3v) is 3.14. The molecule has 0 aliphatic carbocycles. The summed E-state index contributed by atoms with van der Waals surface area (Å²) in [6.45, 7) is 2.01. The number of carbonyl (C=O) groups is 1. The molecule has 0 saturated heterocycles. The van der Waals surface area contributed by atoms with Crippen LogP contribution < -0.4 is 0 Å². The Morgan fingerprint density at radius 3 is 3.00 bits per heavy atom. The van der Waals surface area contributed by atoms with Crippen molar-refractivity contribution in [2.75, 3.05) is 5.88 Å². The Labute approximate surface area is 96.0 Å². The van der Waals surface area contributed by atoms with E-state index in [1.54, 1.807) is 17.4 Å². The Bertz CT molecular complexity index is 462. The highest BCUT2D eigenvalue weighted by Gasteiger charge is 2.24. The molecule has 0 spiro atoms. The van der Waals surface area contributed by atoms with Crippen molar-refractivity contribution in [2.45, 2.75) is 6.92 Å². The minimum absolute atomic E-state index is 0.182.